The first kappa shape index (κ1) is 9.00. The molecule has 14 heavy (non-hydrogen) atoms. The van der Waals surface area contributed by atoms with Gasteiger partial charge in [0.05, 0.1) is 0 Å². The number of aromatic amines is 1. The van der Waals surface area contributed by atoms with E-state index in [2.05, 4.69) is 4.98 Å². The minimum Gasteiger partial charge on any atom is -0.358 e. The van der Waals surface area contributed by atoms with Crippen LogP contribution in [0.25, 0.3) is 10.9 Å². The fourth-order valence-corrected chi connectivity index (χ4v) is 1.81. The van der Waals surface area contributed by atoms with Crippen molar-refractivity contribution >= 4 is 16.7 Å². The molecule has 1 N–H and O–H groups in total. The van der Waals surface area contributed by atoms with Crippen molar-refractivity contribution in [1.82, 2.24) is 4.98 Å². The lowest BCUT2D eigenvalue weighted by Crippen LogP contribution is -1.97. The maximum atomic E-state index is 11.7. The molecule has 0 amide bonds. The van der Waals surface area contributed by atoms with Crippen LogP contribution in [0.4, 0.5) is 0 Å². The zero-order valence-electron chi connectivity index (χ0n) is 8.42. The molecule has 0 aliphatic carbocycles. The van der Waals surface area contributed by atoms with E-state index in [-0.39, 0.29) is 5.78 Å². The Morgan fingerprint density at radius 3 is 2.79 bits per heavy atom. The maximum Gasteiger partial charge on any atom is 0.165 e. The highest BCUT2D eigenvalue weighted by molar-refractivity contribution is 6.09. The van der Waals surface area contributed by atoms with E-state index in [0.29, 0.717) is 6.42 Å². The Labute approximate surface area is 82.9 Å². The molecule has 0 atom stereocenters. The van der Waals surface area contributed by atoms with Gasteiger partial charge in [-0.2, -0.15) is 0 Å². The van der Waals surface area contributed by atoms with Crippen LogP contribution in [-0.2, 0) is 0 Å². The number of carbonyl (C=O) groups excluding carboxylic acids is 1. The normalized spacial score (nSPS) is 10.7. The van der Waals surface area contributed by atoms with Crippen LogP contribution in [0.15, 0.2) is 24.3 Å². The van der Waals surface area contributed by atoms with Gasteiger partial charge in [-0.1, -0.05) is 25.1 Å². The number of fused-ring (bicyclic) bond motifs is 1. The van der Waals surface area contributed by atoms with Gasteiger partial charge in [0.2, 0.25) is 0 Å². The van der Waals surface area contributed by atoms with E-state index in [9.17, 15) is 4.79 Å². The van der Waals surface area contributed by atoms with Gasteiger partial charge in [0.25, 0.3) is 0 Å². The Bertz CT molecular complexity index is 482. The summed E-state index contributed by atoms with van der Waals surface area (Å²) in [4.78, 5) is 14.9. The number of benzene rings is 1. The predicted octanol–water partition coefficient (Wildman–Crippen LogP) is 3.07. The molecule has 72 valence electrons. The van der Waals surface area contributed by atoms with Crippen LogP contribution in [-0.4, -0.2) is 10.8 Å². The summed E-state index contributed by atoms with van der Waals surface area (Å²) in [6, 6.07) is 7.91. The summed E-state index contributed by atoms with van der Waals surface area (Å²) in [6.07, 6.45) is 0.558. The van der Waals surface area contributed by atoms with Crippen LogP contribution >= 0.6 is 0 Å². The molecule has 2 nitrogen and oxygen atoms in total. The fourth-order valence-electron chi connectivity index (χ4n) is 1.81. The number of ketones is 1. The number of hydrogen-bond donors (Lipinski definition) is 1. The van der Waals surface area contributed by atoms with Crippen LogP contribution in [0.5, 0.6) is 0 Å². The Morgan fingerprint density at radius 2 is 2.07 bits per heavy atom. The molecule has 1 aromatic carbocycles. The van der Waals surface area contributed by atoms with E-state index in [1.165, 1.54) is 0 Å². The lowest BCUT2D eigenvalue weighted by atomic mass is 10.1. The molecule has 2 heteroatoms. The molecule has 1 heterocycles. The molecule has 1 aromatic heterocycles. The molecule has 0 aliphatic rings. The largest absolute Gasteiger partial charge is 0.358 e. The highest BCUT2D eigenvalue weighted by atomic mass is 16.1. The number of aromatic nitrogens is 1. The zero-order valence-corrected chi connectivity index (χ0v) is 8.42. The summed E-state index contributed by atoms with van der Waals surface area (Å²) in [7, 11) is 0. The molecule has 2 aromatic rings. The van der Waals surface area contributed by atoms with Crippen molar-refractivity contribution in [1.29, 1.82) is 0 Å². The summed E-state index contributed by atoms with van der Waals surface area (Å²) in [5.41, 5.74) is 2.86. The van der Waals surface area contributed by atoms with E-state index in [0.717, 1.165) is 22.2 Å². The summed E-state index contributed by atoms with van der Waals surface area (Å²) >= 11 is 0. The highest BCUT2D eigenvalue weighted by Gasteiger charge is 2.13. The maximum absolute atomic E-state index is 11.7. The number of para-hydroxylation sites is 1. The number of rotatable bonds is 2. The molecule has 0 saturated carbocycles. The van der Waals surface area contributed by atoms with E-state index in [1.807, 2.05) is 38.1 Å². The van der Waals surface area contributed by atoms with Gasteiger partial charge >= 0.3 is 0 Å². The Balaban J connectivity index is 2.74. The van der Waals surface area contributed by atoms with Gasteiger partial charge in [-0.3, -0.25) is 4.79 Å². The van der Waals surface area contributed by atoms with E-state index in [4.69, 9.17) is 0 Å². The zero-order chi connectivity index (χ0) is 10.1. The summed E-state index contributed by atoms with van der Waals surface area (Å²) in [5.74, 6) is 0.208. The third-order valence-corrected chi connectivity index (χ3v) is 2.49. The average molecular weight is 187 g/mol. The Morgan fingerprint density at radius 1 is 1.36 bits per heavy atom. The SMILES string of the molecule is CCC(=O)c1c(C)[nH]c2ccccc12. The molecule has 2 rings (SSSR count). The van der Waals surface area contributed by atoms with Gasteiger partial charge in [0.15, 0.2) is 5.78 Å². The fraction of sp³-hybridized carbons (Fsp3) is 0.250. The second kappa shape index (κ2) is 3.29. The molecule has 0 aliphatic heterocycles. The van der Waals surface area contributed by atoms with E-state index in [1.54, 1.807) is 0 Å². The molecule has 0 bridgehead atoms. The van der Waals surface area contributed by atoms with Gasteiger partial charge in [-0.05, 0) is 13.0 Å². The monoisotopic (exact) mass is 187 g/mol. The number of hydrogen-bond acceptors (Lipinski definition) is 1. The molecular formula is C12H13NO. The van der Waals surface area contributed by atoms with Crippen LogP contribution < -0.4 is 0 Å². The van der Waals surface area contributed by atoms with Crippen LogP contribution in [0.2, 0.25) is 0 Å². The number of Topliss-reactive ketones (excluding diaryl/α,β-unsaturated/α-hetero) is 1. The number of nitrogens with one attached hydrogen (secondary N) is 1. The lowest BCUT2D eigenvalue weighted by Gasteiger charge is -1.96. The number of aryl methyl sites for hydroxylation is 1. The van der Waals surface area contributed by atoms with Gasteiger partial charge in [-0.15, -0.1) is 0 Å². The number of H-pyrrole nitrogens is 1. The average Bonchev–Trinajstić information content (AvgIpc) is 2.53. The smallest absolute Gasteiger partial charge is 0.165 e. The third kappa shape index (κ3) is 1.23. The molecule has 0 saturated heterocycles. The van der Waals surface area contributed by atoms with Crippen LogP contribution in [0.1, 0.15) is 29.4 Å². The Hall–Kier alpha value is -1.57. The summed E-state index contributed by atoms with van der Waals surface area (Å²) < 4.78 is 0. The standard InChI is InChI=1S/C12H13NO/c1-3-11(14)12-8(2)13-10-7-5-4-6-9(10)12/h4-7,13H,3H2,1-2H3. The quantitative estimate of drug-likeness (QED) is 0.720. The highest BCUT2D eigenvalue weighted by Crippen LogP contribution is 2.22. The first-order valence-corrected chi connectivity index (χ1v) is 4.84. The first-order chi connectivity index (χ1) is 6.74. The summed E-state index contributed by atoms with van der Waals surface area (Å²) in [5, 5.41) is 1.04. The van der Waals surface area contributed by atoms with Gasteiger partial charge < -0.3 is 4.98 Å². The molecular weight excluding hydrogens is 174 g/mol. The van der Waals surface area contributed by atoms with Gasteiger partial charge in [0.1, 0.15) is 0 Å². The second-order valence-corrected chi connectivity index (χ2v) is 3.45. The minimum atomic E-state index is 0.208. The van der Waals surface area contributed by atoms with E-state index < -0.39 is 0 Å². The van der Waals surface area contributed by atoms with Crippen molar-refractivity contribution in [3.63, 3.8) is 0 Å². The predicted molar refractivity (Wildman–Crippen MR) is 57.7 cm³/mol. The van der Waals surface area contributed by atoms with Gasteiger partial charge in [-0.25, -0.2) is 0 Å². The third-order valence-electron chi connectivity index (χ3n) is 2.49. The molecule has 0 spiro atoms. The van der Waals surface area contributed by atoms with E-state index >= 15 is 0 Å². The molecule has 0 radical (unpaired) electrons. The lowest BCUT2D eigenvalue weighted by molar-refractivity contribution is 0.0989. The van der Waals surface area contributed by atoms with Crippen molar-refractivity contribution in [2.24, 2.45) is 0 Å². The second-order valence-electron chi connectivity index (χ2n) is 3.45. The van der Waals surface area contributed by atoms with Crippen molar-refractivity contribution in [2.75, 3.05) is 0 Å². The van der Waals surface area contributed by atoms with Gasteiger partial charge in [0, 0.05) is 28.6 Å². The Kier molecular flexibility index (Phi) is 2.12. The molecule has 0 fully saturated rings. The van der Waals surface area contributed by atoms with Crippen molar-refractivity contribution in [3.05, 3.63) is 35.5 Å². The topological polar surface area (TPSA) is 32.9 Å². The first-order valence-electron chi connectivity index (χ1n) is 4.84. The van der Waals surface area contributed by atoms with Crippen LogP contribution in [0.3, 0.4) is 0 Å². The minimum absolute atomic E-state index is 0.208. The van der Waals surface area contributed by atoms with Crippen molar-refractivity contribution in [3.8, 4) is 0 Å². The van der Waals surface area contributed by atoms with Crippen LogP contribution in [0, 0.1) is 6.92 Å². The number of carbonyl (C=O) groups is 1. The van der Waals surface area contributed by atoms with Crippen molar-refractivity contribution in [2.45, 2.75) is 20.3 Å². The summed E-state index contributed by atoms with van der Waals surface area (Å²) in [6.45, 7) is 3.84. The van der Waals surface area contributed by atoms with Crippen molar-refractivity contribution < 1.29 is 4.79 Å². The molecule has 0 unspecified atom stereocenters.